The summed E-state index contributed by atoms with van der Waals surface area (Å²) in [5, 5.41) is 2.89. The van der Waals surface area contributed by atoms with Gasteiger partial charge in [0.15, 0.2) is 0 Å². The van der Waals surface area contributed by atoms with E-state index in [2.05, 4.69) is 21.2 Å². The van der Waals surface area contributed by atoms with Gasteiger partial charge in [0.25, 0.3) is 0 Å². The second kappa shape index (κ2) is 6.48. The lowest BCUT2D eigenvalue weighted by atomic mass is 10.0. The zero-order chi connectivity index (χ0) is 15.5. The van der Waals surface area contributed by atoms with Crippen LogP contribution in [0.3, 0.4) is 0 Å². The number of carbonyl (C=O) groups excluding carboxylic acids is 1. The van der Waals surface area contributed by atoms with Gasteiger partial charge in [-0.25, -0.2) is 9.18 Å². The van der Waals surface area contributed by atoms with Gasteiger partial charge in [-0.3, -0.25) is 0 Å². The molecule has 3 nitrogen and oxygen atoms in total. The standard InChI is InChI=1S/C17H16BrFN2O/c18-13-7-2-4-9-15(13)20-17(22)21-11-5-10-16(21)12-6-1-3-8-14(12)19/h1-4,6-9,16H,5,10-11H2,(H,20,22). The Morgan fingerprint density at radius 3 is 2.68 bits per heavy atom. The molecule has 0 bridgehead atoms. The first-order valence-corrected chi connectivity index (χ1v) is 8.02. The lowest BCUT2D eigenvalue weighted by Gasteiger charge is -2.26. The Labute approximate surface area is 137 Å². The number of rotatable bonds is 2. The topological polar surface area (TPSA) is 32.3 Å². The molecule has 3 rings (SSSR count). The third-order valence-electron chi connectivity index (χ3n) is 3.89. The van der Waals surface area contributed by atoms with Crippen LogP contribution in [0.2, 0.25) is 0 Å². The first kappa shape index (κ1) is 15.0. The summed E-state index contributed by atoms with van der Waals surface area (Å²) in [6, 6.07) is 13.7. The molecule has 0 aliphatic carbocycles. The number of benzene rings is 2. The molecular formula is C17H16BrFN2O. The summed E-state index contributed by atoms with van der Waals surface area (Å²) in [6.45, 7) is 0.634. The Bertz CT molecular complexity index is 692. The average Bonchev–Trinajstić information content (AvgIpc) is 2.99. The van der Waals surface area contributed by atoms with E-state index in [-0.39, 0.29) is 17.9 Å². The zero-order valence-corrected chi connectivity index (χ0v) is 13.5. The van der Waals surface area contributed by atoms with Crippen LogP contribution in [0.5, 0.6) is 0 Å². The number of nitrogens with one attached hydrogen (secondary N) is 1. The van der Waals surface area contributed by atoms with Crippen molar-refractivity contribution < 1.29 is 9.18 Å². The molecule has 2 aromatic rings. The second-order valence-corrected chi connectivity index (χ2v) is 6.14. The molecule has 2 amide bonds. The molecule has 22 heavy (non-hydrogen) atoms. The Balaban J connectivity index is 1.80. The van der Waals surface area contributed by atoms with Gasteiger partial charge in [0.05, 0.1) is 11.7 Å². The summed E-state index contributed by atoms with van der Waals surface area (Å²) in [4.78, 5) is 14.2. The number of nitrogens with zero attached hydrogens (tertiary/aromatic N) is 1. The summed E-state index contributed by atoms with van der Waals surface area (Å²) in [6.07, 6.45) is 1.66. The summed E-state index contributed by atoms with van der Waals surface area (Å²) >= 11 is 3.41. The van der Waals surface area contributed by atoms with E-state index in [9.17, 15) is 9.18 Å². The predicted octanol–water partition coefficient (Wildman–Crippen LogP) is 4.96. The quantitative estimate of drug-likeness (QED) is 0.804. The van der Waals surface area contributed by atoms with Crippen molar-refractivity contribution in [2.75, 3.05) is 11.9 Å². The first-order valence-electron chi connectivity index (χ1n) is 7.23. The summed E-state index contributed by atoms with van der Waals surface area (Å²) in [7, 11) is 0. The largest absolute Gasteiger partial charge is 0.322 e. The van der Waals surface area contributed by atoms with Crippen LogP contribution in [0.25, 0.3) is 0 Å². The van der Waals surface area contributed by atoms with Crippen LogP contribution in [-0.2, 0) is 0 Å². The van der Waals surface area contributed by atoms with Gasteiger partial charge in [0.1, 0.15) is 5.82 Å². The third kappa shape index (κ3) is 2.99. The fourth-order valence-corrected chi connectivity index (χ4v) is 3.21. The minimum absolute atomic E-state index is 0.197. The van der Waals surface area contributed by atoms with Crippen molar-refractivity contribution in [1.29, 1.82) is 0 Å². The SMILES string of the molecule is O=C(Nc1ccccc1Br)N1CCCC1c1ccccc1F. The molecule has 0 aromatic heterocycles. The van der Waals surface area contributed by atoms with Crippen molar-refractivity contribution in [1.82, 2.24) is 4.90 Å². The molecule has 0 saturated carbocycles. The minimum atomic E-state index is -0.256. The fraction of sp³-hybridized carbons (Fsp3) is 0.235. The summed E-state index contributed by atoms with van der Waals surface area (Å²) in [5.41, 5.74) is 1.30. The van der Waals surface area contributed by atoms with Crippen LogP contribution in [0, 0.1) is 5.82 Å². The van der Waals surface area contributed by atoms with Gasteiger partial charge in [-0.05, 0) is 47.0 Å². The maximum absolute atomic E-state index is 14.0. The van der Waals surface area contributed by atoms with Gasteiger partial charge in [-0.1, -0.05) is 30.3 Å². The van der Waals surface area contributed by atoms with E-state index in [1.807, 2.05) is 24.3 Å². The van der Waals surface area contributed by atoms with E-state index in [1.54, 1.807) is 23.1 Å². The molecule has 1 unspecified atom stereocenters. The highest BCUT2D eigenvalue weighted by Gasteiger charge is 2.31. The van der Waals surface area contributed by atoms with Crippen LogP contribution in [-0.4, -0.2) is 17.5 Å². The molecule has 5 heteroatoms. The average molecular weight is 363 g/mol. The normalized spacial score (nSPS) is 17.5. The molecule has 1 heterocycles. The Hall–Kier alpha value is -1.88. The molecule has 0 spiro atoms. The Kier molecular flexibility index (Phi) is 4.43. The molecule has 0 radical (unpaired) electrons. The van der Waals surface area contributed by atoms with Crippen molar-refractivity contribution >= 4 is 27.6 Å². The number of halogens is 2. The van der Waals surface area contributed by atoms with Gasteiger partial charge in [-0.15, -0.1) is 0 Å². The minimum Gasteiger partial charge on any atom is -0.317 e. The number of para-hydroxylation sites is 1. The number of urea groups is 1. The van der Waals surface area contributed by atoms with Crippen molar-refractivity contribution in [2.24, 2.45) is 0 Å². The van der Waals surface area contributed by atoms with Gasteiger partial charge < -0.3 is 10.2 Å². The van der Waals surface area contributed by atoms with Crippen LogP contribution < -0.4 is 5.32 Å². The number of likely N-dealkylation sites (tertiary alicyclic amines) is 1. The molecule has 2 aromatic carbocycles. The first-order chi connectivity index (χ1) is 10.7. The highest BCUT2D eigenvalue weighted by molar-refractivity contribution is 9.10. The van der Waals surface area contributed by atoms with E-state index in [0.29, 0.717) is 17.8 Å². The molecule has 1 N–H and O–H groups in total. The number of hydrogen-bond acceptors (Lipinski definition) is 1. The van der Waals surface area contributed by atoms with E-state index in [0.717, 1.165) is 17.3 Å². The Morgan fingerprint density at radius 2 is 1.91 bits per heavy atom. The molecule has 1 fully saturated rings. The van der Waals surface area contributed by atoms with Crippen molar-refractivity contribution in [3.63, 3.8) is 0 Å². The lowest BCUT2D eigenvalue weighted by Crippen LogP contribution is -2.34. The molecule has 114 valence electrons. The smallest absolute Gasteiger partial charge is 0.317 e. The van der Waals surface area contributed by atoms with E-state index in [1.165, 1.54) is 6.07 Å². The predicted molar refractivity (Wildman–Crippen MR) is 88.2 cm³/mol. The van der Waals surface area contributed by atoms with Crippen LogP contribution in [0.15, 0.2) is 53.0 Å². The highest BCUT2D eigenvalue weighted by atomic mass is 79.9. The zero-order valence-electron chi connectivity index (χ0n) is 11.9. The van der Waals surface area contributed by atoms with Gasteiger partial charge in [0, 0.05) is 16.6 Å². The lowest BCUT2D eigenvalue weighted by molar-refractivity contribution is 0.206. The van der Waals surface area contributed by atoms with E-state index in [4.69, 9.17) is 0 Å². The number of amides is 2. The Morgan fingerprint density at radius 1 is 1.18 bits per heavy atom. The van der Waals surface area contributed by atoms with Crippen LogP contribution >= 0.6 is 15.9 Å². The summed E-state index contributed by atoms with van der Waals surface area (Å²) < 4.78 is 14.8. The number of hydrogen-bond donors (Lipinski definition) is 1. The molecule has 1 aliphatic heterocycles. The fourth-order valence-electron chi connectivity index (χ4n) is 2.83. The van der Waals surface area contributed by atoms with E-state index >= 15 is 0 Å². The van der Waals surface area contributed by atoms with Gasteiger partial charge in [-0.2, -0.15) is 0 Å². The monoisotopic (exact) mass is 362 g/mol. The molecular weight excluding hydrogens is 347 g/mol. The molecule has 1 saturated heterocycles. The van der Waals surface area contributed by atoms with Crippen LogP contribution in [0.1, 0.15) is 24.4 Å². The number of carbonyl (C=O) groups is 1. The highest BCUT2D eigenvalue weighted by Crippen LogP contribution is 2.34. The van der Waals surface area contributed by atoms with Crippen LogP contribution in [0.4, 0.5) is 14.9 Å². The van der Waals surface area contributed by atoms with E-state index < -0.39 is 0 Å². The third-order valence-corrected chi connectivity index (χ3v) is 4.58. The molecule has 1 atom stereocenters. The maximum Gasteiger partial charge on any atom is 0.322 e. The molecule has 1 aliphatic rings. The van der Waals surface area contributed by atoms with Crippen molar-refractivity contribution in [3.05, 3.63) is 64.4 Å². The van der Waals surface area contributed by atoms with Crippen molar-refractivity contribution in [3.8, 4) is 0 Å². The van der Waals surface area contributed by atoms with Gasteiger partial charge in [0.2, 0.25) is 0 Å². The number of anilines is 1. The second-order valence-electron chi connectivity index (χ2n) is 5.28. The van der Waals surface area contributed by atoms with Crippen molar-refractivity contribution in [2.45, 2.75) is 18.9 Å². The summed E-state index contributed by atoms with van der Waals surface area (Å²) in [5.74, 6) is -0.256. The van der Waals surface area contributed by atoms with Gasteiger partial charge >= 0.3 is 6.03 Å². The maximum atomic E-state index is 14.0.